The maximum atomic E-state index is 12.5. The second kappa shape index (κ2) is 8.30. The summed E-state index contributed by atoms with van der Waals surface area (Å²) in [6.07, 6.45) is 6.40. The van der Waals surface area contributed by atoms with Crippen molar-refractivity contribution < 1.29 is 4.79 Å². The largest absolute Gasteiger partial charge is 0.321 e. The molecule has 1 aromatic carbocycles. The van der Waals surface area contributed by atoms with Crippen molar-refractivity contribution >= 4 is 11.6 Å². The van der Waals surface area contributed by atoms with Crippen molar-refractivity contribution in [3.05, 3.63) is 42.0 Å². The zero-order valence-corrected chi connectivity index (χ0v) is 15.9. The Hall–Kier alpha value is -3.07. The Morgan fingerprint density at radius 1 is 1.36 bits per heavy atom. The van der Waals surface area contributed by atoms with Gasteiger partial charge in [0, 0.05) is 23.8 Å². The Kier molecular flexibility index (Phi) is 5.43. The van der Waals surface area contributed by atoms with Crippen molar-refractivity contribution in [2.24, 2.45) is 0 Å². The van der Waals surface area contributed by atoms with Crippen LogP contribution in [0.25, 0.3) is 11.4 Å². The third kappa shape index (κ3) is 4.42. The first kappa shape index (κ1) is 18.3. The lowest BCUT2D eigenvalue weighted by atomic mass is 10.0. The molecule has 146 valence electrons. The van der Waals surface area contributed by atoms with Gasteiger partial charge < -0.3 is 10.6 Å². The molecule has 1 atom stereocenters. The van der Waals surface area contributed by atoms with E-state index in [1.807, 2.05) is 31.2 Å². The molecule has 1 amide bonds. The molecule has 1 aliphatic rings. The quantitative estimate of drug-likeness (QED) is 0.604. The van der Waals surface area contributed by atoms with E-state index in [-0.39, 0.29) is 5.91 Å². The maximum Gasteiger partial charge on any atom is 0.277 e. The van der Waals surface area contributed by atoms with E-state index in [9.17, 15) is 4.79 Å². The molecule has 9 nitrogen and oxygen atoms in total. The lowest BCUT2D eigenvalue weighted by molar-refractivity contribution is 0.102. The minimum absolute atomic E-state index is 0.287. The van der Waals surface area contributed by atoms with Gasteiger partial charge in [-0.05, 0) is 44.9 Å². The summed E-state index contributed by atoms with van der Waals surface area (Å²) in [6.45, 7) is 3.68. The molecule has 1 aliphatic heterocycles. The van der Waals surface area contributed by atoms with E-state index in [1.54, 1.807) is 10.9 Å². The van der Waals surface area contributed by atoms with E-state index in [4.69, 9.17) is 0 Å². The number of carbonyl (C=O) groups is 1. The van der Waals surface area contributed by atoms with Crippen LogP contribution in [-0.4, -0.2) is 48.7 Å². The maximum absolute atomic E-state index is 12.5. The second-order valence-corrected chi connectivity index (χ2v) is 7.08. The van der Waals surface area contributed by atoms with Crippen molar-refractivity contribution in [1.82, 2.24) is 35.5 Å². The molecule has 0 bridgehead atoms. The van der Waals surface area contributed by atoms with Crippen LogP contribution in [0.2, 0.25) is 0 Å². The summed E-state index contributed by atoms with van der Waals surface area (Å²) in [4.78, 5) is 16.8. The predicted molar refractivity (Wildman–Crippen MR) is 105 cm³/mol. The Morgan fingerprint density at radius 3 is 3.07 bits per heavy atom. The highest BCUT2D eigenvalue weighted by Crippen LogP contribution is 2.19. The van der Waals surface area contributed by atoms with Crippen LogP contribution < -0.4 is 10.6 Å². The van der Waals surface area contributed by atoms with Crippen LogP contribution in [0.3, 0.4) is 0 Å². The number of carbonyl (C=O) groups excluding carboxylic acids is 1. The van der Waals surface area contributed by atoms with Gasteiger partial charge in [0.1, 0.15) is 5.82 Å². The number of hydrogen-bond donors (Lipinski definition) is 3. The number of benzene rings is 1. The first-order chi connectivity index (χ1) is 13.7. The summed E-state index contributed by atoms with van der Waals surface area (Å²) in [7, 11) is 0. The molecular formula is C19H24N8O. The first-order valence-electron chi connectivity index (χ1n) is 9.62. The van der Waals surface area contributed by atoms with Crippen molar-refractivity contribution in [2.75, 3.05) is 11.9 Å². The normalized spacial score (nSPS) is 16.8. The summed E-state index contributed by atoms with van der Waals surface area (Å²) in [5, 5.41) is 21.4. The number of nitrogens with zero attached hydrogens (tertiary/aromatic N) is 5. The van der Waals surface area contributed by atoms with Crippen LogP contribution >= 0.6 is 0 Å². The van der Waals surface area contributed by atoms with Crippen LogP contribution in [0, 0.1) is 6.92 Å². The first-order valence-corrected chi connectivity index (χ1v) is 9.62. The standard InChI is InChI=1S/C19H24N8O/c1-13-21-18(25-23-13)14-5-4-7-16(11-14)22-19(28)17-12-27(26-24-17)10-8-15-6-2-3-9-20-15/h4-5,7,11-12,15,20H,2-3,6,8-10H2,1H3,(H,22,28)(H,21,23,25). The van der Waals surface area contributed by atoms with Crippen molar-refractivity contribution in [3.63, 3.8) is 0 Å². The van der Waals surface area contributed by atoms with Gasteiger partial charge in [-0.3, -0.25) is 14.6 Å². The fraction of sp³-hybridized carbons (Fsp3) is 0.421. The number of aromatic nitrogens is 6. The summed E-state index contributed by atoms with van der Waals surface area (Å²) in [5.74, 6) is 1.05. The molecule has 0 saturated carbocycles. The molecule has 2 aromatic heterocycles. The zero-order valence-electron chi connectivity index (χ0n) is 15.9. The summed E-state index contributed by atoms with van der Waals surface area (Å²) >= 11 is 0. The van der Waals surface area contributed by atoms with Gasteiger partial charge in [0.15, 0.2) is 11.5 Å². The number of H-pyrrole nitrogens is 1. The molecule has 3 heterocycles. The van der Waals surface area contributed by atoms with Gasteiger partial charge in [0.25, 0.3) is 5.91 Å². The van der Waals surface area contributed by atoms with E-state index < -0.39 is 0 Å². The van der Waals surface area contributed by atoms with Crippen LogP contribution in [0.4, 0.5) is 5.69 Å². The average molecular weight is 380 g/mol. The highest BCUT2D eigenvalue weighted by atomic mass is 16.2. The number of rotatable bonds is 6. The highest BCUT2D eigenvalue weighted by Gasteiger charge is 2.15. The molecule has 0 aliphatic carbocycles. The van der Waals surface area contributed by atoms with Crippen molar-refractivity contribution in [2.45, 2.75) is 45.2 Å². The Morgan fingerprint density at radius 2 is 2.29 bits per heavy atom. The van der Waals surface area contributed by atoms with E-state index in [0.29, 0.717) is 23.2 Å². The minimum atomic E-state index is -0.287. The molecular weight excluding hydrogens is 356 g/mol. The molecule has 9 heteroatoms. The average Bonchev–Trinajstić information content (AvgIpc) is 3.37. The molecule has 0 spiro atoms. The smallest absolute Gasteiger partial charge is 0.277 e. The van der Waals surface area contributed by atoms with Gasteiger partial charge in [-0.1, -0.05) is 23.8 Å². The summed E-state index contributed by atoms with van der Waals surface area (Å²) in [5.41, 5.74) is 1.78. The topological polar surface area (TPSA) is 113 Å². The molecule has 1 saturated heterocycles. The molecule has 28 heavy (non-hydrogen) atoms. The van der Waals surface area contributed by atoms with E-state index >= 15 is 0 Å². The monoisotopic (exact) mass is 380 g/mol. The predicted octanol–water partition coefficient (Wildman–Crippen LogP) is 2.16. The number of anilines is 1. The fourth-order valence-electron chi connectivity index (χ4n) is 3.37. The van der Waals surface area contributed by atoms with Crippen molar-refractivity contribution in [3.8, 4) is 11.4 Å². The van der Waals surface area contributed by atoms with Gasteiger partial charge >= 0.3 is 0 Å². The molecule has 1 fully saturated rings. The molecule has 1 unspecified atom stereocenters. The van der Waals surface area contributed by atoms with Crippen LogP contribution in [-0.2, 0) is 6.54 Å². The van der Waals surface area contributed by atoms with Gasteiger partial charge in [0.05, 0.1) is 6.20 Å². The second-order valence-electron chi connectivity index (χ2n) is 7.08. The number of aryl methyl sites for hydroxylation is 2. The zero-order chi connectivity index (χ0) is 19.3. The highest BCUT2D eigenvalue weighted by molar-refractivity contribution is 6.02. The van der Waals surface area contributed by atoms with Gasteiger partial charge in [-0.15, -0.1) is 5.10 Å². The van der Waals surface area contributed by atoms with Gasteiger partial charge in [-0.25, -0.2) is 4.98 Å². The summed E-state index contributed by atoms with van der Waals surface area (Å²) < 4.78 is 1.73. The van der Waals surface area contributed by atoms with Gasteiger partial charge in [-0.2, -0.15) is 5.10 Å². The Balaban J connectivity index is 1.37. The van der Waals surface area contributed by atoms with Crippen LogP contribution in [0.15, 0.2) is 30.5 Å². The number of amides is 1. The number of nitrogens with one attached hydrogen (secondary N) is 3. The van der Waals surface area contributed by atoms with Crippen LogP contribution in [0.5, 0.6) is 0 Å². The van der Waals surface area contributed by atoms with Crippen molar-refractivity contribution in [1.29, 1.82) is 0 Å². The lowest BCUT2D eigenvalue weighted by Gasteiger charge is -2.23. The van der Waals surface area contributed by atoms with E-state index in [0.717, 1.165) is 30.9 Å². The van der Waals surface area contributed by atoms with E-state index in [2.05, 4.69) is 36.1 Å². The summed E-state index contributed by atoms with van der Waals surface area (Å²) in [6, 6.07) is 7.93. The van der Waals surface area contributed by atoms with Gasteiger partial charge in [0.2, 0.25) is 0 Å². The molecule has 3 aromatic rings. The Labute approximate surface area is 162 Å². The Bertz CT molecular complexity index is 941. The molecule has 4 rings (SSSR count). The molecule has 3 N–H and O–H groups in total. The number of aromatic amines is 1. The lowest BCUT2D eigenvalue weighted by Crippen LogP contribution is -2.34. The third-order valence-corrected chi connectivity index (χ3v) is 4.87. The number of hydrogen-bond acceptors (Lipinski definition) is 6. The van der Waals surface area contributed by atoms with Crippen LogP contribution in [0.1, 0.15) is 42.0 Å². The third-order valence-electron chi connectivity index (χ3n) is 4.87. The molecule has 0 radical (unpaired) electrons. The minimum Gasteiger partial charge on any atom is -0.321 e. The number of piperidine rings is 1. The SMILES string of the molecule is Cc1nc(-c2cccc(NC(=O)c3cn(CCC4CCCCN4)nn3)c2)n[nH]1. The van der Waals surface area contributed by atoms with E-state index in [1.165, 1.54) is 19.3 Å². The fourth-order valence-corrected chi connectivity index (χ4v) is 3.37.